The van der Waals surface area contributed by atoms with Crippen LogP contribution in [-0.2, 0) is 6.42 Å². The van der Waals surface area contributed by atoms with Crippen LogP contribution in [0, 0.1) is 10.1 Å². The molecular weight excluding hydrogens is 235 g/mol. The Bertz CT molecular complexity index is 407. The Labute approximate surface area is 104 Å². The van der Waals surface area contributed by atoms with Crippen molar-refractivity contribution in [1.29, 1.82) is 0 Å². The minimum Gasteiger partial charge on any atom is -0.384 e. The number of nitro groups is 1. The van der Waals surface area contributed by atoms with Gasteiger partial charge in [0.05, 0.1) is 4.92 Å². The van der Waals surface area contributed by atoms with Crippen molar-refractivity contribution in [2.45, 2.75) is 32.3 Å². The van der Waals surface area contributed by atoms with Crippen LogP contribution in [0.15, 0.2) is 18.2 Å². The molecule has 1 aliphatic heterocycles. The van der Waals surface area contributed by atoms with Crippen molar-refractivity contribution in [2.75, 3.05) is 11.9 Å². The van der Waals surface area contributed by atoms with E-state index in [1.165, 1.54) is 5.56 Å². The monoisotopic (exact) mass is 254 g/mol. The molecule has 0 saturated carbocycles. The highest BCUT2D eigenvalue weighted by molar-refractivity contribution is 7.18. The largest absolute Gasteiger partial charge is 0.384 e. The van der Waals surface area contributed by atoms with Crippen molar-refractivity contribution < 1.29 is 4.92 Å². The molecule has 1 aromatic carbocycles. The SMILES string of the molecule is CC(C)(C)P.O=[N+]([O-])c1ccc2c(c1)NCC2. The normalized spacial score (nSPS) is 13.2. The topological polar surface area (TPSA) is 55.2 Å². The van der Waals surface area contributed by atoms with E-state index in [2.05, 4.69) is 35.3 Å². The number of nitrogens with zero attached hydrogens (tertiary/aromatic N) is 1. The Morgan fingerprint density at radius 3 is 2.53 bits per heavy atom. The summed E-state index contributed by atoms with van der Waals surface area (Å²) in [4.78, 5) is 10.0. The average molecular weight is 254 g/mol. The number of hydrogen-bond donors (Lipinski definition) is 1. The summed E-state index contributed by atoms with van der Waals surface area (Å²) < 4.78 is 0. The number of nitro benzene ring substituents is 1. The van der Waals surface area contributed by atoms with Crippen LogP contribution in [0.1, 0.15) is 26.3 Å². The third-order valence-electron chi connectivity index (χ3n) is 2.01. The van der Waals surface area contributed by atoms with Gasteiger partial charge in [0.15, 0.2) is 0 Å². The van der Waals surface area contributed by atoms with E-state index in [0.717, 1.165) is 18.7 Å². The maximum atomic E-state index is 10.4. The molecule has 0 bridgehead atoms. The van der Waals surface area contributed by atoms with Crippen molar-refractivity contribution in [3.05, 3.63) is 33.9 Å². The van der Waals surface area contributed by atoms with E-state index < -0.39 is 0 Å². The first-order valence-electron chi connectivity index (χ1n) is 5.57. The third kappa shape index (κ3) is 5.14. The zero-order chi connectivity index (χ0) is 13.1. The van der Waals surface area contributed by atoms with E-state index in [1.54, 1.807) is 12.1 Å². The summed E-state index contributed by atoms with van der Waals surface area (Å²) in [6.45, 7) is 7.34. The van der Waals surface area contributed by atoms with Crippen LogP contribution in [0.3, 0.4) is 0 Å². The summed E-state index contributed by atoms with van der Waals surface area (Å²) in [6, 6.07) is 4.95. The molecule has 4 nitrogen and oxygen atoms in total. The van der Waals surface area contributed by atoms with Crippen LogP contribution in [0.5, 0.6) is 0 Å². The predicted octanol–water partition coefficient (Wildman–Crippen LogP) is 3.22. The van der Waals surface area contributed by atoms with Crippen LogP contribution in [0.4, 0.5) is 11.4 Å². The molecular formula is C12H19N2O2P. The van der Waals surface area contributed by atoms with Gasteiger partial charge >= 0.3 is 0 Å². The van der Waals surface area contributed by atoms with Gasteiger partial charge < -0.3 is 5.32 Å². The molecule has 1 aliphatic rings. The van der Waals surface area contributed by atoms with Gasteiger partial charge in [-0.15, -0.1) is 9.24 Å². The summed E-state index contributed by atoms with van der Waals surface area (Å²) in [5.74, 6) is 0. The molecule has 2 rings (SSSR count). The zero-order valence-corrected chi connectivity index (χ0v) is 11.6. The standard InChI is InChI=1S/C8H8N2O2.C4H11P/c11-10(12)7-2-1-6-3-4-9-8(6)5-7;1-4(2,3)5/h1-2,5,9H,3-4H2;5H2,1-3H3. The van der Waals surface area contributed by atoms with Gasteiger partial charge in [0, 0.05) is 24.4 Å². The van der Waals surface area contributed by atoms with E-state index in [4.69, 9.17) is 0 Å². The molecule has 1 unspecified atom stereocenters. The summed E-state index contributed by atoms with van der Waals surface area (Å²) in [7, 11) is 2.72. The second kappa shape index (κ2) is 5.46. The molecule has 0 aromatic heterocycles. The molecule has 0 saturated heterocycles. The van der Waals surface area contributed by atoms with E-state index in [0.29, 0.717) is 5.16 Å². The Hall–Kier alpha value is -1.15. The molecule has 94 valence electrons. The lowest BCUT2D eigenvalue weighted by atomic mass is 10.1. The highest BCUT2D eigenvalue weighted by Gasteiger charge is 2.13. The van der Waals surface area contributed by atoms with Crippen LogP contribution in [-0.4, -0.2) is 16.6 Å². The quantitative estimate of drug-likeness (QED) is 0.475. The van der Waals surface area contributed by atoms with E-state index in [-0.39, 0.29) is 10.6 Å². The molecule has 0 radical (unpaired) electrons. The van der Waals surface area contributed by atoms with Gasteiger partial charge in [0.2, 0.25) is 0 Å². The fourth-order valence-electron chi connectivity index (χ4n) is 1.39. The van der Waals surface area contributed by atoms with Crippen LogP contribution in [0.2, 0.25) is 0 Å². The summed E-state index contributed by atoms with van der Waals surface area (Å²) in [5.41, 5.74) is 2.23. The van der Waals surface area contributed by atoms with Crippen molar-refractivity contribution in [3.63, 3.8) is 0 Å². The first kappa shape index (κ1) is 13.9. The Morgan fingerprint density at radius 2 is 2.00 bits per heavy atom. The molecule has 17 heavy (non-hydrogen) atoms. The molecule has 1 heterocycles. The first-order chi connectivity index (χ1) is 7.77. The Balaban J connectivity index is 0.000000249. The summed E-state index contributed by atoms with van der Waals surface area (Å²) in [6.07, 6.45) is 0.966. The smallest absolute Gasteiger partial charge is 0.271 e. The zero-order valence-electron chi connectivity index (χ0n) is 10.5. The van der Waals surface area contributed by atoms with Gasteiger partial charge in [-0.05, 0) is 17.1 Å². The second-order valence-corrected chi connectivity index (χ2v) is 6.87. The number of benzene rings is 1. The van der Waals surface area contributed by atoms with Crippen LogP contribution >= 0.6 is 9.24 Å². The van der Waals surface area contributed by atoms with Crippen LogP contribution in [0.25, 0.3) is 0 Å². The summed E-state index contributed by atoms with van der Waals surface area (Å²) >= 11 is 0. The lowest BCUT2D eigenvalue weighted by Gasteiger charge is -2.05. The van der Waals surface area contributed by atoms with Crippen molar-refractivity contribution >= 4 is 20.6 Å². The van der Waals surface area contributed by atoms with Crippen molar-refractivity contribution in [1.82, 2.24) is 0 Å². The van der Waals surface area contributed by atoms with Gasteiger partial charge in [0.1, 0.15) is 0 Å². The Kier molecular flexibility index (Phi) is 4.47. The van der Waals surface area contributed by atoms with Gasteiger partial charge in [0.25, 0.3) is 5.69 Å². The van der Waals surface area contributed by atoms with E-state index >= 15 is 0 Å². The lowest BCUT2D eigenvalue weighted by Crippen LogP contribution is -1.97. The number of rotatable bonds is 1. The number of anilines is 1. The number of fused-ring (bicyclic) bond motifs is 1. The maximum absolute atomic E-state index is 10.4. The predicted molar refractivity (Wildman–Crippen MR) is 74.8 cm³/mol. The van der Waals surface area contributed by atoms with Gasteiger partial charge in [-0.25, -0.2) is 0 Å². The highest BCUT2D eigenvalue weighted by Crippen LogP contribution is 2.26. The number of nitrogens with one attached hydrogen (secondary N) is 1. The van der Waals surface area contributed by atoms with E-state index in [9.17, 15) is 10.1 Å². The first-order valence-corrected chi connectivity index (χ1v) is 6.15. The molecule has 0 aliphatic carbocycles. The van der Waals surface area contributed by atoms with Gasteiger partial charge in [-0.2, -0.15) is 0 Å². The van der Waals surface area contributed by atoms with E-state index in [1.807, 2.05) is 6.07 Å². The molecule has 5 heteroatoms. The van der Waals surface area contributed by atoms with Crippen LogP contribution < -0.4 is 5.32 Å². The fraction of sp³-hybridized carbons (Fsp3) is 0.500. The third-order valence-corrected chi connectivity index (χ3v) is 2.01. The van der Waals surface area contributed by atoms with Crippen molar-refractivity contribution in [3.8, 4) is 0 Å². The lowest BCUT2D eigenvalue weighted by molar-refractivity contribution is -0.384. The number of hydrogen-bond acceptors (Lipinski definition) is 3. The molecule has 1 aromatic rings. The maximum Gasteiger partial charge on any atom is 0.271 e. The fourth-order valence-corrected chi connectivity index (χ4v) is 1.39. The second-order valence-electron chi connectivity index (χ2n) is 5.14. The molecule has 0 spiro atoms. The minimum atomic E-state index is -0.375. The Morgan fingerprint density at radius 1 is 1.41 bits per heavy atom. The minimum absolute atomic E-state index is 0.156. The average Bonchev–Trinajstić information content (AvgIpc) is 2.60. The molecule has 1 atom stereocenters. The molecule has 0 amide bonds. The highest BCUT2D eigenvalue weighted by atomic mass is 31.0. The molecule has 0 fully saturated rings. The number of non-ortho nitro benzene ring substituents is 1. The van der Waals surface area contributed by atoms with Gasteiger partial charge in [-0.3, -0.25) is 10.1 Å². The molecule has 1 N–H and O–H groups in total. The van der Waals surface area contributed by atoms with Crippen molar-refractivity contribution in [2.24, 2.45) is 0 Å². The summed E-state index contributed by atoms with van der Waals surface area (Å²) in [5, 5.41) is 13.9. The van der Waals surface area contributed by atoms with Gasteiger partial charge in [-0.1, -0.05) is 26.8 Å².